The number of amides is 1. The van der Waals surface area contributed by atoms with Gasteiger partial charge in [0.1, 0.15) is 6.61 Å². The van der Waals surface area contributed by atoms with E-state index in [1.807, 2.05) is 27.9 Å². The van der Waals surface area contributed by atoms with E-state index in [-0.39, 0.29) is 18.1 Å². The van der Waals surface area contributed by atoms with E-state index in [0.29, 0.717) is 13.1 Å². The first-order chi connectivity index (χ1) is 15.2. The number of halogens is 3. The predicted molar refractivity (Wildman–Crippen MR) is 104 cm³/mol. The molecule has 0 aromatic carbocycles. The number of carboxylic acid groups (broad SMARTS) is 1. The van der Waals surface area contributed by atoms with Gasteiger partial charge in [0, 0.05) is 50.7 Å². The summed E-state index contributed by atoms with van der Waals surface area (Å²) in [7, 11) is 0. The molecule has 0 bridgehead atoms. The van der Waals surface area contributed by atoms with Crippen LogP contribution in [0.4, 0.5) is 13.2 Å². The maximum atomic E-state index is 12.2. The van der Waals surface area contributed by atoms with E-state index in [4.69, 9.17) is 19.1 Å². The smallest absolute Gasteiger partial charge is 0.475 e. The van der Waals surface area contributed by atoms with E-state index < -0.39 is 12.1 Å². The third-order valence-corrected chi connectivity index (χ3v) is 5.49. The highest BCUT2D eigenvalue weighted by Gasteiger charge is 2.42. The molecular formula is C20H25F3N4O5. The topological polar surface area (TPSA) is 101 Å². The van der Waals surface area contributed by atoms with E-state index >= 15 is 0 Å². The average Bonchev–Trinajstić information content (AvgIpc) is 3.45. The third-order valence-electron chi connectivity index (χ3n) is 5.49. The fourth-order valence-electron chi connectivity index (χ4n) is 3.71. The zero-order chi connectivity index (χ0) is 23.2. The summed E-state index contributed by atoms with van der Waals surface area (Å²) < 4.78 is 44.8. The molecule has 1 spiro atoms. The molecule has 2 aromatic heterocycles. The van der Waals surface area contributed by atoms with Crippen molar-refractivity contribution >= 4 is 11.9 Å². The van der Waals surface area contributed by atoms with Crippen molar-refractivity contribution in [1.29, 1.82) is 0 Å². The van der Waals surface area contributed by atoms with Gasteiger partial charge in [0.25, 0.3) is 0 Å². The molecule has 2 aromatic rings. The summed E-state index contributed by atoms with van der Waals surface area (Å²) in [5.41, 5.74) is 1.02. The predicted octanol–water partition coefficient (Wildman–Crippen LogP) is 2.00. The van der Waals surface area contributed by atoms with Gasteiger partial charge in [-0.05, 0) is 25.0 Å². The van der Waals surface area contributed by atoms with Gasteiger partial charge in [-0.15, -0.1) is 0 Å². The van der Waals surface area contributed by atoms with Crippen LogP contribution in [0.3, 0.4) is 0 Å². The lowest BCUT2D eigenvalue weighted by molar-refractivity contribution is -0.192. The van der Waals surface area contributed by atoms with E-state index in [1.54, 1.807) is 18.7 Å². The molecule has 0 unspecified atom stereocenters. The first-order valence-corrected chi connectivity index (χ1v) is 10.1. The number of aromatic nitrogens is 2. The van der Waals surface area contributed by atoms with E-state index in [9.17, 15) is 18.0 Å². The van der Waals surface area contributed by atoms with Crippen molar-refractivity contribution in [3.63, 3.8) is 0 Å². The van der Waals surface area contributed by atoms with Crippen LogP contribution in [0.25, 0.3) is 0 Å². The molecule has 0 aliphatic carbocycles. The van der Waals surface area contributed by atoms with Crippen molar-refractivity contribution in [3.05, 3.63) is 42.6 Å². The molecule has 0 saturated carbocycles. The number of alkyl halides is 3. The zero-order valence-corrected chi connectivity index (χ0v) is 17.3. The monoisotopic (exact) mass is 458 g/mol. The molecule has 4 rings (SSSR count). The van der Waals surface area contributed by atoms with Gasteiger partial charge in [0.05, 0.1) is 24.7 Å². The van der Waals surface area contributed by atoms with Gasteiger partial charge in [-0.3, -0.25) is 14.4 Å². The SMILES string of the molecule is O=C(O)C(F)(F)F.O=C1COC2(CCN(Cc3ccoc3)CC2)CN1CCn1cccn1. The molecule has 9 nitrogen and oxygen atoms in total. The fourth-order valence-corrected chi connectivity index (χ4v) is 3.71. The number of carbonyl (C=O) groups is 2. The van der Waals surface area contributed by atoms with Crippen molar-refractivity contribution in [2.24, 2.45) is 0 Å². The lowest BCUT2D eigenvalue weighted by Crippen LogP contribution is -2.59. The summed E-state index contributed by atoms with van der Waals surface area (Å²) in [6, 6.07) is 3.91. The van der Waals surface area contributed by atoms with Crippen LogP contribution < -0.4 is 0 Å². The van der Waals surface area contributed by atoms with Crippen molar-refractivity contribution in [2.75, 3.05) is 32.8 Å². The summed E-state index contributed by atoms with van der Waals surface area (Å²) in [4.78, 5) is 25.5. The Bertz CT molecular complexity index is 862. The Hall–Kier alpha value is -2.86. The maximum absolute atomic E-state index is 12.2. The molecular weight excluding hydrogens is 433 g/mol. The highest BCUT2D eigenvalue weighted by molar-refractivity contribution is 5.78. The Kier molecular flexibility index (Phi) is 7.56. The number of hydrogen-bond acceptors (Lipinski definition) is 6. The van der Waals surface area contributed by atoms with Crippen LogP contribution in [0.1, 0.15) is 18.4 Å². The lowest BCUT2D eigenvalue weighted by Gasteiger charge is -2.47. The third kappa shape index (κ3) is 6.57. The quantitative estimate of drug-likeness (QED) is 0.732. The largest absolute Gasteiger partial charge is 0.490 e. The summed E-state index contributed by atoms with van der Waals surface area (Å²) in [5.74, 6) is -2.67. The first kappa shape index (κ1) is 23.8. The molecule has 1 amide bonds. The van der Waals surface area contributed by atoms with Gasteiger partial charge in [0.15, 0.2) is 0 Å². The van der Waals surface area contributed by atoms with E-state index in [2.05, 4.69) is 10.00 Å². The number of morpholine rings is 1. The molecule has 2 saturated heterocycles. The molecule has 2 fully saturated rings. The van der Waals surface area contributed by atoms with Crippen LogP contribution in [0, 0.1) is 0 Å². The Morgan fingerprint density at radius 1 is 1.25 bits per heavy atom. The molecule has 2 aliphatic heterocycles. The number of likely N-dealkylation sites (tertiary alicyclic amines) is 1. The van der Waals surface area contributed by atoms with Crippen molar-refractivity contribution in [2.45, 2.75) is 37.7 Å². The van der Waals surface area contributed by atoms with Gasteiger partial charge in [-0.25, -0.2) is 4.79 Å². The summed E-state index contributed by atoms with van der Waals surface area (Å²) in [5, 5.41) is 11.3. The van der Waals surface area contributed by atoms with Crippen molar-refractivity contribution < 1.29 is 37.0 Å². The second-order valence-corrected chi connectivity index (χ2v) is 7.77. The second-order valence-electron chi connectivity index (χ2n) is 7.77. The number of hydrogen-bond donors (Lipinski definition) is 1. The van der Waals surface area contributed by atoms with Gasteiger partial charge in [-0.1, -0.05) is 0 Å². The summed E-state index contributed by atoms with van der Waals surface area (Å²) >= 11 is 0. The number of rotatable bonds is 5. The van der Waals surface area contributed by atoms with Gasteiger partial charge >= 0.3 is 12.1 Å². The van der Waals surface area contributed by atoms with Gasteiger partial charge in [0.2, 0.25) is 5.91 Å². The summed E-state index contributed by atoms with van der Waals surface area (Å²) in [6.45, 7) is 5.16. The van der Waals surface area contributed by atoms with Gasteiger partial charge < -0.3 is 19.2 Å². The number of furan rings is 1. The molecule has 32 heavy (non-hydrogen) atoms. The van der Waals surface area contributed by atoms with E-state index in [1.165, 1.54) is 5.56 Å². The minimum atomic E-state index is -5.08. The molecule has 0 atom stereocenters. The van der Waals surface area contributed by atoms with Crippen LogP contribution in [0.2, 0.25) is 0 Å². The number of nitrogens with zero attached hydrogens (tertiary/aromatic N) is 4. The lowest BCUT2D eigenvalue weighted by atomic mass is 9.89. The van der Waals surface area contributed by atoms with E-state index in [0.717, 1.165) is 39.0 Å². The second kappa shape index (κ2) is 10.2. The molecule has 176 valence electrons. The standard InChI is InChI=1S/C18H24N4O3.C2HF3O2/c23-17-14-25-18(15-21(17)9-10-22-6-1-5-19-22)3-7-20(8-4-18)12-16-2-11-24-13-16;3-2(4,5)1(6)7/h1-2,5-6,11,13H,3-4,7-10,12,14-15H2;(H,6,7). The zero-order valence-electron chi connectivity index (χ0n) is 17.3. The number of carboxylic acids is 1. The molecule has 12 heteroatoms. The number of aliphatic carboxylic acids is 1. The highest BCUT2D eigenvalue weighted by atomic mass is 19.4. The van der Waals surface area contributed by atoms with Crippen LogP contribution in [-0.2, 0) is 27.4 Å². The van der Waals surface area contributed by atoms with Crippen molar-refractivity contribution in [1.82, 2.24) is 19.6 Å². The molecule has 0 radical (unpaired) electrons. The Balaban J connectivity index is 0.000000360. The minimum Gasteiger partial charge on any atom is -0.475 e. The average molecular weight is 458 g/mol. The molecule has 1 N–H and O–H groups in total. The molecule has 4 heterocycles. The van der Waals surface area contributed by atoms with Crippen LogP contribution in [0.5, 0.6) is 0 Å². The van der Waals surface area contributed by atoms with Crippen molar-refractivity contribution in [3.8, 4) is 0 Å². The Morgan fingerprint density at radius 2 is 1.97 bits per heavy atom. The van der Waals surface area contributed by atoms with Gasteiger partial charge in [-0.2, -0.15) is 18.3 Å². The maximum Gasteiger partial charge on any atom is 0.490 e. The van der Waals surface area contributed by atoms with Crippen LogP contribution >= 0.6 is 0 Å². The number of carbonyl (C=O) groups excluding carboxylic acids is 1. The fraction of sp³-hybridized carbons (Fsp3) is 0.550. The normalized spacial score (nSPS) is 19.0. The Morgan fingerprint density at radius 3 is 2.53 bits per heavy atom. The number of ether oxygens (including phenoxy) is 1. The molecule has 2 aliphatic rings. The first-order valence-electron chi connectivity index (χ1n) is 10.1. The number of piperidine rings is 1. The van der Waals surface area contributed by atoms with Crippen LogP contribution in [0.15, 0.2) is 41.5 Å². The Labute approximate surface area is 182 Å². The highest BCUT2D eigenvalue weighted by Crippen LogP contribution is 2.31. The minimum absolute atomic E-state index is 0.0820. The summed E-state index contributed by atoms with van der Waals surface area (Å²) in [6.07, 6.45) is 4.03. The van der Waals surface area contributed by atoms with Crippen LogP contribution in [-0.4, -0.2) is 81.1 Å².